The Morgan fingerprint density at radius 1 is 1.29 bits per heavy atom. The Hall–Kier alpha value is -1.85. The van der Waals surface area contributed by atoms with Gasteiger partial charge in [0.25, 0.3) is 0 Å². The van der Waals surface area contributed by atoms with Crippen LogP contribution in [0.3, 0.4) is 0 Å². The van der Waals surface area contributed by atoms with E-state index in [4.69, 9.17) is 16.3 Å². The third-order valence-electron chi connectivity index (χ3n) is 2.80. The molecule has 1 heterocycles. The molecule has 0 saturated heterocycles. The van der Waals surface area contributed by atoms with E-state index in [1.807, 2.05) is 13.0 Å². The number of rotatable bonds is 5. The van der Waals surface area contributed by atoms with E-state index in [2.05, 4.69) is 0 Å². The first-order chi connectivity index (χ1) is 10.0. The summed E-state index contributed by atoms with van der Waals surface area (Å²) in [5, 5.41) is 9.88. The maximum Gasteiger partial charge on any atom is 0.342 e. The molecule has 6 heteroatoms. The second-order valence-corrected chi connectivity index (χ2v) is 5.89. The number of Topliss-reactive ketones (excluding diaryl/α,β-unsaturated/α-hetero) is 1. The van der Waals surface area contributed by atoms with Crippen molar-refractivity contribution in [3.8, 4) is 5.75 Å². The third-order valence-corrected chi connectivity index (χ3v) is 4.30. The molecule has 2 aromatic rings. The van der Waals surface area contributed by atoms with E-state index >= 15 is 0 Å². The van der Waals surface area contributed by atoms with Crippen molar-refractivity contribution in [3.05, 3.63) is 50.7 Å². The molecule has 0 atom stereocenters. The highest BCUT2D eigenvalue weighted by Gasteiger charge is 2.16. The molecule has 0 radical (unpaired) electrons. The summed E-state index contributed by atoms with van der Waals surface area (Å²) in [5.41, 5.74) is -0.0595. The molecule has 0 amide bonds. The van der Waals surface area contributed by atoms with E-state index in [9.17, 15) is 14.7 Å². The lowest BCUT2D eigenvalue weighted by atomic mass is 10.2. The number of benzene rings is 1. The number of ether oxygens (including phenoxy) is 1. The van der Waals surface area contributed by atoms with Crippen molar-refractivity contribution in [2.45, 2.75) is 13.3 Å². The van der Waals surface area contributed by atoms with Crippen molar-refractivity contribution in [1.29, 1.82) is 0 Å². The molecule has 1 aromatic carbocycles. The Kier molecular flexibility index (Phi) is 4.98. The van der Waals surface area contributed by atoms with E-state index in [-0.39, 0.29) is 23.7 Å². The summed E-state index contributed by atoms with van der Waals surface area (Å²) in [5.74, 6) is -1.29. The number of phenols is 1. The van der Waals surface area contributed by atoms with Crippen molar-refractivity contribution in [2.24, 2.45) is 0 Å². The van der Waals surface area contributed by atoms with Crippen molar-refractivity contribution < 1.29 is 19.4 Å². The Balaban J connectivity index is 2.00. The number of aromatic hydroxyl groups is 1. The molecule has 1 N–H and O–H groups in total. The predicted octanol–water partition coefficient (Wildman–Crippen LogP) is 3.71. The normalized spacial score (nSPS) is 10.4. The van der Waals surface area contributed by atoms with Crippen LogP contribution in [-0.4, -0.2) is 23.5 Å². The van der Waals surface area contributed by atoms with Gasteiger partial charge in [-0.25, -0.2) is 4.79 Å². The molecule has 21 heavy (non-hydrogen) atoms. The highest BCUT2D eigenvalue weighted by atomic mass is 35.5. The molecule has 0 unspecified atom stereocenters. The Morgan fingerprint density at radius 3 is 2.71 bits per heavy atom. The van der Waals surface area contributed by atoms with Crippen molar-refractivity contribution in [1.82, 2.24) is 0 Å². The number of hydrogen-bond acceptors (Lipinski definition) is 5. The van der Waals surface area contributed by atoms with E-state index in [0.717, 1.165) is 11.3 Å². The number of hydrogen-bond donors (Lipinski definition) is 1. The first-order valence-electron chi connectivity index (χ1n) is 6.28. The Bertz CT molecular complexity index is 678. The standard InChI is InChI=1S/C15H13ClO4S/c1-2-10-4-6-14(21-10)13(18)8-20-15(19)11-7-9(16)3-5-12(11)17/h3-7,17H,2,8H2,1H3. The molecule has 0 bridgehead atoms. The summed E-state index contributed by atoms with van der Waals surface area (Å²) in [6.45, 7) is 1.64. The summed E-state index contributed by atoms with van der Waals surface area (Å²) in [6, 6.07) is 7.65. The molecular weight excluding hydrogens is 312 g/mol. The molecule has 0 saturated carbocycles. The second kappa shape index (κ2) is 6.74. The molecule has 4 nitrogen and oxygen atoms in total. The maximum absolute atomic E-state index is 11.9. The fourth-order valence-corrected chi connectivity index (χ4v) is 2.71. The highest BCUT2D eigenvalue weighted by Crippen LogP contribution is 2.22. The summed E-state index contributed by atoms with van der Waals surface area (Å²) in [7, 11) is 0. The molecule has 0 spiro atoms. The average molecular weight is 325 g/mol. The number of esters is 1. The average Bonchev–Trinajstić information content (AvgIpc) is 2.96. The fourth-order valence-electron chi connectivity index (χ4n) is 1.67. The van der Waals surface area contributed by atoms with Crippen LogP contribution in [0, 0.1) is 0 Å². The van der Waals surface area contributed by atoms with Crippen LogP contribution in [0.5, 0.6) is 5.75 Å². The van der Waals surface area contributed by atoms with Gasteiger partial charge in [0.05, 0.1) is 4.88 Å². The first-order valence-corrected chi connectivity index (χ1v) is 7.48. The van der Waals surface area contributed by atoms with Crippen LogP contribution >= 0.6 is 22.9 Å². The minimum Gasteiger partial charge on any atom is -0.507 e. The summed E-state index contributed by atoms with van der Waals surface area (Å²) < 4.78 is 4.92. The van der Waals surface area contributed by atoms with Gasteiger partial charge in [0.1, 0.15) is 11.3 Å². The molecule has 0 aliphatic heterocycles. The third kappa shape index (κ3) is 3.83. The Morgan fingerprint density at radius 2 is 2.05 bits per heavy atom. The largest absolute Gasteiger partial charge is 0.507 e. The zero-order chi connectivity index (χ0) is 15.4. The molecule has 0 aliphatic carbocycles. The van der Waals surface area contributed by atoms with Gasteiger partial charge in [0.15, 0.2) is 6.61 Å². The number of carbonyl (C=O) groups excluding carboxylic acids is 2. The van der Waals surface area contributed by atoms with E-state index in [0.29, 0.717) is 9.90 Å². The fraction of sp³-hybridized carbons (Fsp3) is 0.200. The maximum atomic E-state index is 11.9. The van der Waals surface area contributed by atoms with Crippen molar-refractivity contribution in [2.75, 3.05) is 6.61 Å². The topological polar surface area (TPSA) is 63.6 Å². The number of ketones is 1. The van der Waals surface area contributed by atoms with Gasteiger partial charge in [-0.3, -0.25) is 4.79 Å². The number of phenolic OH excluding ortho intramolecular Hbond substituents is 1. The van der Waals surface area contributed by atoms with Gasteiger partial charge >= 0.3 is 5.97 Å². The Labute approximate surface area is 130 Å². The van der Waals surface area contributed by atoms with Crippen LogP contribution in [0.4, 0.5) is 0 Å². The highest BCUT2D eigenvalue weighted by molar-refractivity contribution is 7.14. The lowest BCUT2D eigenvalue weighted by Crippen LogP contribution is -2.13. The van der Waals surface area contributed by atoms with E-state index in [1.54, 1.807) is 6.07 Å². The molecule has 0 aliphatic rings. The first kappa shape index (κ1) is 15.5. The monoisotopic (exact) mass is 324 g/mol. The lowest BCUT2D eigenvalue weighted by molar-refractivity contribution is 0.0473. The summed E-state index contributed by atoms with van der Waals surface area (Å²) >= 11 is 7.14. The predicted molar refractivity (Wildman–Crippen MR) is 81.4 cm³/mol. The van der Waals surface area contributed by atoms with Crippen LogP contribution in [0.25, 0.3) is 0 Å². The molecule has 1 aromatic heterocycles. The smallest absolute Gasteiger partial charge is 0.342 e. The van der Waals surface area contributed by atoms with Gasteiger partial charge in [0, 0.05) is 9.90 Å². The van der Waals surface area contributed by atoms with Gasteiger partial charge in [-0.2, -0.15) is 0 Å². The van der Waals surface area contributed by atoms with E-state index < -0.39 is 5.97 Å². The summed E-state index contributed by atoms with van der Waals surface area (Å²) in [6.07, 6.45) is 0.855. The van der Waals surface area contributed by atoms with Gasteiger partial charge < -0.3 is 9.84 Å². The molecule has 2 rings (SSSR count). The lowest BCUT2D eigenvalue weighted by Gasteiger charge is -2.05. The number of carbonyl (C=O) groups is 2. The number of aryl methyl sites for hydroxylation is 1. The minimum atomic E-state index is -0.782. The second-order valence-electron chi connectivity index (χ2n) is 4.28. The van der Waals surface area contributed by atoms with Gasteiger partial charge in [-0.15, -0.1) is 11.3 Å². The number of halogens is 1. The zero-order valence-corrected chi connectivity index (χ0v) is 12.8. The van der Waals surface area contributed by atoms with Crippen molar-refractivity contribution >= 4 is 34.7 Å². The van der Waals surface area contributed by atoms with Crippen LogP contribution < -0.4 is 0 Å². The quantitative estimate of drug-likeness (QED) is 0.672. The van der Waals surface area contributed by atoms with Gasteiger partial charge in [-0.05, 0) is 36.8 Å². The number of thiophene rings is 1. The van der Waals surface area contributed by atoms with Crippen LogP contribution in [-0.2, 0) is 11.2 Å². The summed E-state index contributed by atoms with van der Waals surface area (Å²) in [4.78, 5) is 25.4. The van der Waals surface area contributed by atoms with E-state index in [1.165, 1.54) is 29.5 Å². The van der Waals surface area contributed by atoms with Crippen LogP contribution in [0.2, 0.25) is 5.02 Å². The van der Waals surface area contributed by atoms with Crippen LogP contribution in [0.1, 0.15) is 31.8 Å². The van der Waals surface area contributed by atoms with Crippen molar-refractivity contribution in [3.63, 3.8) is 0 Å². The molecular formula is C15H13ClO4S. The SMILES string of the molecule is CCc1ccc(C(=O)COC(=O)c2cc(Cl)ccc2O)s1. The zero-order valence-electron chi connectivity index (χ0n) is 11.3. The minimum absolute atomic E-state index is 0.0595. The van der Waals surface area contributed by atoms with Gasteiger partial charge in [-0.1, -0.05) is 18.5 Å². The van der Waals surface area contributed by atoms with Crippen LogP contribution in [0.15, 0.2) is 30.3 Å². The molecule has 0 fully saturated rings. The molecule has 110 valence electrons. The van der Waals surface area contributed by atoms with Gasteiger partial charge in [0.2, 0.25) is 5.78 Å².